The predicted molar refractivity (Wildman–Crippen MR) is 65.6 cm³/mol. The maximum atomic E-state index is 10.4. The number of nitrogens with one attached hydrogen (secondary N) is 1. The van der Waals surface area contributed by atoms with Gasteiger partial charge in [0.2, 0.25) is 5.82 Å². The van der Waals surface area contributed by atoms with Crippen molar-refractivity contribution in [1.29, 1.82) is 0 Å². The molecular formula is C11H8ClN3O2. The number of hydrogen-bond donors (Lipinski definition) is 1. The van der Waals surface area contributed by atoms with Crippen LogP contribution in [-0.2, 0) is 0 Å². The van der Waals surface area contributed by atoms with Gasteiger partial charge in [0, 0.05) is 11.1 Å². The van der Waals surface area contributed by atoms with Crippen LogP contribution in [-0.4, -0.2) is 14.9 Å². The van der Waals surface area contributed by atoms with Gasteiger partial charge in [-0.15, -0.1) is 0 Å². The number of rotatable bonds is 3. The number of hydrogen-bond acceptors (Lipinski definition) is 3. The van der Waals surface area contributed by atoms with Crippen LogP contribution in [0.1, 0.15) is 11.4 Å². The first-order valence-corrected chi connectivity index (χ1v) is 5.16. The first-order chi connectivity index (χ1) is 8.15. The van der Waals surface area contributed by atoms with Crippen LogP contribution in [0.3, 0.4) is 0 Å². The zero-order chi connectivity index (χ0) is 12.3. The number of aromatic nitrogens is 2. The number of aromatic amines is 1. The van der Waals surface area contributed by atoms with Crippen LogP contribution in [0.4, 0.5) is 5.82 Å². The van der Waals surface area contributed by atoms with Crippen LogP contribution in [0, 0.1) is 10.1 Å². The van der Waals surface area contributed by atoms with Crippen LogP contribution < -0.4 is 0 Å². The Bertz CT molecular complexity index is 578. The fourth-order valence-corrected chi connectivity index (χ4v) is 1.49. The molecule has 1 aromatic carbocycles. The van der Waals surface area contributed by atoms with Gasteiger partial charge in [-0.3, -0.25) is 0 Å². The molecule has 1 N–H and O–H groups in total. The highest BCUT2D eigenvalue weighted by atomic mass is 35.5. The molecule has 2 rings (SSSR count). The number of imidazole rings is 1. The van der Waals surface area contributed by atoms with Crippen molar-refractivity contribution in [3.8, 4) is 0 Å². The standard InChI is InChI=1S/C11H8ClN3O2/c12-9-3-1-2-8(6-9)4-5-10-13-7-11(14-10)15(16)17/h1-7H,(H,13,14)/b5-4+. The largest absolute Gasteiger partial charge is 0.358 e. The van der Waals surface area contributed by atoms with Crippen LogP contribution in [0.2, 0.25) is 5.02 Å². The van der Waals surface area contributed by atoms with Crippen molar-refractivity contribution >= 4 is 29.6 Å². The zero-order valence-electron chi connectivity index (χ0n) is 8.63. The Hall–Kier alpha value is -2.14. The summed E-state index contributed by atoms with van der Waals surface area (Å²) in [5, 5.41) is 11.1. The molecule has 0 aliphatic rings. The lowest BCUT2D eigenvalue weighted by atomic mass is 10.2. The minimum Gasteiger partial charge on any atom is -0.358 e. The van der Waals surface area contributed by atoms with Crippen molar-refractivity contribution < 1.29 is 4.92 Å². The number of benzene rings is 1. The Morgan fingerprint density at radius 2 is 2.24 bits per heavy atom. The molecule has 0 spiro atoms. The summed E-state index contributed by atoms with van der Waals surface area (Å²) in [6.07, 6.45) is 4.60. The molecule has 17 heavy (non-hydrogen) atoms. The van der Waals surface area contributed by atoms with E-state index in [4.69, 9.17) is 11.6 Å². The van der Waals surface area contributed by atoms with Gasteiger partial charge >= 0.3 is 5.82 Å². The topological polar surface area (TPSA) is 71.8 Å². The molecule has 0 fully saturated rings. The molecular weight excluding hydrogens is 242 g/mol. The summed E-state index contributed by atoms with van der Waals surface area (Å²) in [6.45, 7) is 0. The summed E-state index contributed by atoms with van der Waals surface area (Å²) < 4.78 is 0. The van der Waals surface area contributed by atoms with Crippen molar-refractivity contribution in [2.75, 3.05) is 0 Å². The lowest BCUT2D eigenvalue weighted by Crippen LogP contribution is -1.86. The molecule has 0 aliphatic heterocycles. The maximum Gasteiger partial charge on any atom is 0.340 e. The lowest BCUT2D eigenvalue weighted by Gasteiger charge is -1.92. The molecule has 0 amide bonds. The van der Waals surface area contributed by atoms with E-state index in [9.17, 15) is 10.1 Å². The quantitative estimate of drug-likeness (QED) is 0.671. The van der Waals surface area contributed by atoms with Gasteiger partial charge in [-0.2, -0.15) is 0 Å². The lowest BCUT2D eigenvalue weighted by molar-refractivity contribution is -0.389. The zero-order valence-corrected chi connectivity index (χ0v) is 9.39. The number of H-pyrrole nitrogens is 1. The molecule has 5 nitrogen and oxygen atoms in total. The molecule has 86 valence electrons. The van der Waals surface area contributed by atoms with E-state index in [1.54, 1.807) is 24.3 Å². The van der Waals surface area contributed by atoms with Crippen molar-refractivity contribution in [2.24, 2.45) is 0 Å². The predicted octanol–water partition coefficient (Wildman–Crippen LogP) is 3.14. The fourth-order valence-electron chi connectivity index (χ4n) is 1.29. The normalized spacial score (nSPS) is 10.9. The Morgan fingerprint density at radius 1 is 1.41 bits per heavy atom. The molecule has 0 saturated carbocycles. The van der Waals surface area contributed by atoms with Crippen molar-refractivity contribution in [2.45, 2.75) is 0 Å². The average molecular weight is 250 g/mol. The third-order valence-electron chi connectivity index (χ3n) is 2.06. The highest BCUT2D eigenvalue weighted by molar-refractivity contribution is 6.30. The molecule has 1 heterocycles. The van der Waals surface area contributed by atoms with Crippen LogP contribution >= 0.6 is 11.6 Å². The van der Waals surface area contributed by atoms with Gasteiger partial charge in [-0.25, -0.2) is 9.97 Å². The number of halogens is 1. The van der Waals surface area contributed by atoms with Gasteiger partial charge in [0.15, 0.2) is 0 Å². The summed E-state index contributed by atoms with van der Waals surface area (Å²) in [4.78, 5) is 16.3. The average Bonchev–Trinajstić information content (AvgIpc) is 2.75. The monoisotopic (exact) mass is 249 g/mol. The smallest absolute Gasteiger partial charge is 0.340 e. The van der Waals surface area contributed by atoms with Gasteiger partial charge in [0.1, 0.15) is 6.20 Å². The first kappa shape index (κ1) is 11.3. The third-order valence-corrected chi connectivity index (χ3v) is 2.30. The molecule has 0 radical (unpaired) electrons. The molecule has 0 bridgehead atoms. The van der Waals surface area contributed by atoms with Gasteiger partial charge in [-0.05, 0) is 28.7 Å². The van der Waals surface area contributed by atoms with Gasteiger partial charge in [0.05, 0.1) is 0 Å². The molecule has 2 aromatic rings. The second-order valence-corrected chi connectivity index (χ2v) is 3.74. The highest BCUT2D eigenvalue weighted by Gasteiger charge is 2.06. The summed E-state index contributed by atoms with van der Waals surface area (Å²) >= 11 is 5.83. The first-order valence-electron chi connectivity index (χ1n) is 4.78. The second-order valence-electron chi connectivity index (χ2n) is 3.30. The summed E-state index contributed by atoms with van der Waals surface area (Å²) in [6, 6.07) is 7.26. The Morgan fingerprint density at radius 3 is 2.88 bits per heavy atom. The van der Waals surface area contributed by atoms with Crippen molar-refractivity contribution in [1.82, 2.24) is 9.97 Å². The molecule has 0 aliphatic carbocycles. The van der Waals surface area contributed by atoms with E-state index in [0.29, 0.717) is 10.8 Å². The Kier molecular flexibility index (Phi) is 3.20. The molecule has 1 aromatic heterocycles. The molecule has 0 atom stereocenters. The Balaban J connectivity index is 2.17. The van der Waals surface area contributed by atoms with E-state index >= 15 is 0 Å². The van der Waals surface area contributed by atoms with E-state index < -0.39 is 4.92 Å². The maximum absolute atomic E-state index is 10.4. The van der Waals surface area contributed by atoms with Gasteiger partial charge < -0.3 is 10.1 Å². The fraction of sp³-hybridized carbons (Fsp3) is 0. The minimum absolute atomic E-state index is 0.129. The van der Waals surface area contributed by atoms with Crippen LogP contribution in [0.15, 0.2) is 30.5 Å². The van der Waals surface area contributed by atoms with E-state index in [1.807, 2.05) is 12.1 Å². The summed E-state index contributed by atoms with van der Waals surface area (Å²) in [7, 11) is 0. The molecule has 6 heteroatoms. The highest BCUT2D eigenvalue weighted by Crippen LogP contribution is 2.13. The van der Waals surface area contributed by atoms with Gasteiger partial charge in [-0.1, -0.05) is 23.7 Å². The van der Waals surface area contributed by atoms with E-state index in [2.05, 4.69) is 9.97 Å². The third kappa shape index (κ3) is 2.92. The molecule has 0 saturated heterocycles. The van der Waals surface area contributed by atoms with E-state index in [0.717, 1.165) is 5.56 Å². The summed E-state index contributed by atoms with van der Waals surface area (Å²) in [5.41, 5.74) is 0.900. The van der Waals surface area contributed by atoms with Crippen molar-refractivity contribution in [3.05, 3.63) is 57.0 Å². The molecule has 0 unspecified atom stereocenters. The Labute approximate surface area is 102 Å². The number of nitro groups is 1. The summed E-state index contributed by atoms with van der Waals surface area (Å²) in [5.74, 6) is 0.299. The van der Waals surface area contributed by atoms with Crippen LogP contribution in [0.5, 0.6) is 0 Å². The van der Waals surface area contributed by atoms with Gasteiger partial charge in [0.25, 0.3) is 0 Å². The van der Waals surface area contributed by atoms with Crippen molar-refractivity contribution in [3.63, 3.8) is 0 Å². The minimum atomic E-state index is -0.524. The van der Waals surface area contributed by atoms with E-state index in [1.165, 1.54) is 6.20 Å². The number of nitrogens with zero attached hydrogens (tertiary/aromatic N) is 2. The van der Waals surface area contributed by atoms with Crippen LogP contribution in [0.25, 0.3) is 12.2 Å². The second kappa shape index (κ2) is 4.80. The SMILES string of the molecule is O=[N+]([O-])c1cnc(/C=C/c2cccc(Cl)c2)[nH]1. The van der Waals surface area contributed by atoms with E-state index in [-0.39, 0.29) is 5.82 Å².